The number of nitrogens with one attached hydrogen (secondary N) is 1. The highest BCUT2D eigenvalue weighted by molar-refractivity contribution is 7.10. The monoisotopic (exact) mass is 274 g/mol. The Balaban J connectivity index is 2.02. The minimum atomic E-state index is 0.466. The molecule has 2 rings (SSSR count). The van der Waals surface area contributed by atoms with Crippen LogP contribution in [-0.4, -0.2) is 19.0 Å². The SMILES string of the molecule is CNCc1cccc(CN(C)C(C)c2cccs2)c1. The molecule has 1 N–H and O–H groups in total. The van der Waals surface area contributed by atoms with E-state index in [1.54, 1.807) is 0 Å². The first-order chi connectivity index (χ1) is 9.20. The fourth-order valence-corrected chi connectivity index (χ4v) is 3.06. The van der Waals surface area contributed by atoms with Crippen molar-refractivity contribution in [3.05, 3.63) is 57.8 Å². The van der Waals surface area contributed by atoms with Gasteiger partial charge in [-0.3, -0.25) is 4.90 Å². The lowest BCUT2D eigenvalue weighted by atomic mass is 10.1. The third-order valence-electron chi connectivity index (χ3n) is 3.42. The second-order valence-corrected chi connectivity index (χ2v) is 5.94. The summed E-state index contributed by atoms with van der Waals surface area (Å²) in [7, 11) is 4.17. The largest absolute Gasteiger partial charge is 0.316 e. The van der Waals surface area contributed by atoms with Crippen LogP contribution >= 0.6 is 11.3 Å². The summed E-state index contributed by atoms with van der Waals surface area (Å²) >= 11 is 1.83. The van der Waals surface area contributed by atoms with E-state index in [1.165, 1.54) is 16.0 Å². The minimum absolute atomic E-state index is 0.466. The van der Waals surface area contributed by atoms with E-state index >= 15 is 0 Å². The van der Waals surface area contributed by atoms with E-state index in [4.69, 9.17) is 0 Å². The zero-order chi connectivity index (χ0) is 13.7. The minimum Gasteiger partial charge on any atom is -0.316 e. The van der Waals surface area contributed by atoms with E-state index in [1.807, 2.05) is 18.4 Å². The van der Waals surface area contributed by atoms with E-state index in [-0.39, 0.29) is 0 Å². The number of hydrogen-bond acceptors (Lipinski definition) is 3. The van der Waals surface area contributed by atoms with Crippen molar-refractivity contribution in [2.45, 2.75) is 26.1 Å². The van der Waals surface area contributed by atoms with Crippen LogP contribution in [0.15, 0.2) is 41.8 Å². The Morgan fingerprint density at radius 1 is 1.21 bits per heavy atom. The van der Waals surface area contributed by atoms with E-state index in [0.717, 1.165) is 13.1 Å². The van der Waals surface area contributed by atoms with Crippen LogP contribution in [0.1, 0.15) is 29.0 Å². The van der Waals surface area contributed by atoms with Gasteiger partial charge in [0.2, 0.25) is 0 Å². The number of benzene rings is 1. The molecule has 1 aromatic heterocycles. The molecule has 19 heavy (non-hydrogen) atoms. The summed E-state index contributed by atoms with van der Waals surface area (Å²) in [4.78, 5) is 3.82. The van der Waals surface area contributed by atoms with E-state index in [9.17, 15) is 0 Å². The van der Waals surface area contributed by atoms with Crippen molar-refractivity contribution in [1.82, 2.24) is 10.2 Å². The number of thiophene rings is 1. The Morgan fingerprint density at radius 2 is 2.00 bits per heavy atom. The van der Waals surface area contributed by atoms with Gasteiger partial charge in [-0.2, -0.15) is 0 Å². The molecule has 1 unspecified atom stereocenters. The van der Waals surface area contributed by atoms with Crippen molar-refractivity contribution in [2.75, 3.05) is 14.1 Å². The molecule has 0 bridgehead atoms. The van der Waals surface area contributed by atoms with Crippen LogP contribution in [0.3, 0.4) is 0 Å². The molecule has 0 aliphatic heterocycles. The lowest BCUT2D eigenvalue weighted by molar-refractivity contribution is 0.256. The van der Waals surface area contributed by atoms with Crippen molar-refractivity contribution in [3.63, 3.8) is 0 Å². The Morgan fingerprint density at radius 3 is 2.68 bits per heavy atom. The molecule has 1 aromatic carbocycles. The third-order valence-corrected chi connectivity index (χ3v) is 4.46. The summed E-state index contributed by atoms with van der Waals surface area (Å²) < 4.78 is 0. The molecule has 0 saturated heterocycles. The second kappa shape index (κ2) is 6.85. The maximum Gasteiger partial charge on any atom is 0.0413 e. The van der Waals surface area contributed by atoms with Crippen LogP contribution in [0.2, 0.25) is 0 Å². The molecule has 0 spiro atoms. The van der Waals surface area contributed by atoms with Gasteiger partial charge in [-0.05, 0) is 43.6 Å². The molecule has 0 aliphatic rings. The maximum atomic E-state index is 3.20. The van der Waals surface area contributed by atoms with Gasteiger partial charge in [0.1, 0.15) is 0 Å². The van der Waals surface area contributed by atoms with Crippen LogP contribution in [0.5, 0.6) is 0 Å². The van der Waals surface area contributed by atoms with E-state index < -0.39 is 0 Å². The Bertz CT molecular complexity index is 493. The van der Waals surface area contributed by atoms with Crippen molar-refractivity contribution in [1.29, 1.82) is 0 Å². The summed E-state index contributed by atoms with van der Waals surface area (Å²) in [5.74, 6) is 0. The van der Waals surface area contributed by atoms with Crippen molar-refractivity contribution >= 4 is 11.3 Å². The van der Waals surface area contributed by atoms with Gasteiger partial charge in [-0.15, -0.1) is 11.3 Å². The smallest absolute Gasteiger partial charge is 0.0413 e. The summed E-state index contributed by atoms with van der Waals surface area (Å²) in [6.07, 6.45) is 0. The van der Waals surface area contributed by atoms with E-state index in [2.05, 4.69) is 66.0 Å². The molecule has 0 aliphatic carbocycles. The average Bonchev–Trinajstić information content (AvgIpc) is 2.92. The summed E-state index contributed by atoms with van der Waals surface area (Å²) in [6, 6.07) is 13.6. The third kappa shape index (κ3) is 3.90. The molecule has 0 amide bonds. The van der Waals surface area contributed by atoms with Crippen LogP contribution in [-0.2, 0) is 13.1 Å². The van der Waals surface area contributed by atoms with Crippen LogP contribution < -0.4 is 5.32 Å². The van der Waals surface area contributed by atoms with Crippen molar-refractivity contribution in [2.24, 2.45) is 0 Å². The Hall–Kier alpha value is -1.16. The molecular weight excluding hydrogens is 252 g/mol. The zero-order valence-electron chi connectivity index (χ0n) is 11.9. The molecule has 102 valence electrons. The van der Waals surface area contributed by atoms with Gasteiger partial charge in [0, 0.05) is 24.0 Å². The standard InChI is InChI=1S/C16H22N2S/c1-13(16-8-5-9-19-16)18(3)12-15-7-4-6-14(10-15)11-17-2/h4-10,13,17H,11-12H2,1-3H3. The molecule has 0 radical (unpaired) electrons. The molecule has 1 heterocycles. The van der Waals surface area contributed by atoms with Gasteiger partial charge in [0.15, 0.2) is 0 Å². The molecular formula is C16H22N2S. The maximum absolute atomic E-state index is 3.20. The van der Waals surface area contributed by atoms with Crippen LogP contribution in [0, 0.1) is 0 Å². The lowest BCUT2D eigenvalue weighted by Crippen LogP contribution is -2.21. The average molecular weight is 274 g/mol. The fraction of sp³-hybridized carbons (Fsp3) is 0.375. The molecule has 0 saturated carbocycles. The first-order valence-corrected chi connectivity index (χ1v) is 7.54. The molecule has 2 aromatic rings. The first-order valence-electron chi connectivity index (χ1n) is 6.66. The van der Waals surface area contributed by atoms with Gasteiger partial charge in [-0.1, -0.05) is 30.3 Å². The van der Waals surface area contributed by atoms with Crippen molar-refractivity contribution in [3.8, 4) is 0 Å². The van der Waals surface area contributed by atoms with E-state index in [0.29, 0.717) is 6.04 Å². The van der Waals surface area contributed by atoms with Gasteiger partial charge in [-0.25, -0.2) is 0 Å². The highest BCUT2D eigenvalue weighted by atomic mass is 32.1. The van der Waals surface area contributed by atoms with Gasteiger partial charge >= 0.3 is 0 Å². The highest BCUT2D eigenvalue weighted by Crippen LogP contribution is 2.24. The molecule has 3 heteroatoms. The lowest BCUT2D eigenvalue weighted by Gasteiger charge is -2.24. The predicted molar refractivity (Wildman–Crippen MR) is 83.4 cm³/mol. The van der Waals surface area contributed by atoms with Gasteiger partial charge in [0.25, 0.3) is 0 Å². The van der Waals surface area contributed by atoms with Crippen molar-refractivity contribution < 1.29 is 0 Å². The number of rotatable bonds is 6. The zero-order valence-corrected chi connectivity index (χ0v) is 12.7. The highest BCUT2D eigenvalue weighted by Gasteiger charge is 2.12. The molecule has 2 nitrogen and oxygen atoms in total. The summed E-state index contributed by atoms with van der Waals surface area (Å²) in [5.41, 5.74) is 2.72. The normalized spacial score (nSPS) is 12.8. The summed E-state index contributed by atoms with van der Waals surface area (Å²) in [5, 5.41) is 5.34. The number of nitrogens with zero attached hydrogens (tertiary/aromatic N) is 1. The molecule has 0 fully saturated rings. The topological polar surface area (TPSA) is 15.3 Å². The molecule has 1 atom stereocenters. The predicted octanol–water partition coefficient (Wildman–Crippen LogP) is 3.66. The Labute approximate surface area is 120 Å². The Kier molecular flexibility index (Phi) is 5.14. The van der Waals surface area contributed by atoms with Gasteiger partial charge in [0.05, 0.1) is 0 Å². The second-order valence-electron chi connectivity index (χ2n) is 4.96. The van der Waals surface area contributed by atoms with Crippen LogP contribution in [0.4, 0.5) is 0 Å². The first kappa shape index (κ1) is 14.3. The fourth-order valence-electron chi connectivity index (χ4n) is 2.21. The number of hydrogen-bond donors (Lipinski definition) is 1. The van der Waals surface area contributed by atoms with Crippen LogP contribution in [0.25, 0.3) is 0 Å². The summed E-state index contributed by atoms with van der Waals surface area (Å²) in [6.45, 7) is 4.18. The van der Waals surface area contributed by atoms with Gasteiger partial charge < -0.3 is 5.32 Å². The quantitative estimate of drug-likeness (QED) is 0.865.